The zero-order valence-corrected chi connectivity index (χ0v) is 22.6. The van der Waals surface area contributed by atoms with Crippen LogP contribution in [0.3, 0.4) is 0 Å². The topological polar surface area (TPSA) is 102 Å². The minimum atomic E-state index is -0.858. The minimum Gasteiger partial charge on any atom is -0.618 e. The Morgan fingerprint density at radius 1 is 1.08 bits per heavy atom. The van der Waals surface area contributed by atoms with Crippen molar-refractivity contribution in [2.75, 3.05) is 11.9 Å². The number of pyridine rings is 1. The van der Waals surface area contributed by atoms with Gasteiger partial charge in [0, 0.05) is 55.4 Å². The summed E-state index contributed by atoms with van der Waals surface area (Å²) in [5.41, 5.74) is 6.23. The number of nitrogens with zero attached hydrogens (tertiary/aromatic N) is 2. The summed E-state index contributed by atoms with van der Waals surface area (Å²) in [6.07, 6.45) is 1.73. The summed E-state index contributed by atoms with van der Waals surface area (Å²) in [7, 11) is 0. The highest BCUT2D eigenvalue weighted by Crippen LogP contribution is 2.26. The molecule has 0 fully saturated rings. The molecule has 0 unspecified atom stereocenters. The molecule has 0 spiro atoms. The normalized spacial score (nSPS) is 13.4. The van der Waals surface area contributed by atoms with E-state index in [2.05, 4.69) is 16.0 Å². The number of rotatable bonds is 7. The highest BCUT2D eigenvalue weighted by molar-refractivity contribution is 6.31. The number of aryl methyl sites for hydroxylation is 1. The molecule has 1 aliphatic rings. The fraction of sp³-hybridized carbons (Fsp3) is 0.233. The van der Waals surface area contributed by atoms with Crippen LogP contribution in [0.15, 0.2) is 72.9 Å². The highest BCUT2D eigenvalue weighted by Gasteiger charge is 2.26. The molecule has 0 aliphatic carbocycles. The van der Waals surface area contributed by atoms with E-state index in [0.717, 1.165) is 39.2 Å². The largest absolute Gasteiger partial charge is 0.618 e. The summed E-state index contributed by atoms with van der Waals surface area (Å²) in [5.74, 6) is -0.667. The molecule has 3 N–H and O–H groups in total. The van der Waals surface area contributed by atoms with Crippen molar-refractivity contribution in [3.63, 3.8) is 0 Å². The number of nitrogens with one attached hydrogen (secondary N) is 3. The van der Waals surface area contributed by atoms with Gasteiger partial charge in [-0.15, -0.1) is 0 Å². The second kappa shape index (κ2) is 11.3. The van der Waals surface area contributed by atoms with Crippen LogP contribution in [-0.4, -0.2) is 29.0 Å². The molecule has 1 atom stereocenters. The molecule has 3 heterocycles. The molecule has 39 heavy (non-hydrogen) atoms. The van der Waals surface area contributed by atoms with Crippen molar-refractivity contribution in [3.8, 4) is 11.1 Å². The van der Waals surface area contributed by atoms with Gasteiger partial charge in [0.2, 0.25) is 5.91 Å². The zero-order chi connectivity index (χ0) is 27.5. The Morgan fingerprint density at radius 3 is 2.62 bits per heavy atom. The van der Waals surface area contributed by atoms with Crippen molar-refractivity contribution >= 4 is 29.1 Å². The van der Waals surface area contributed by atoms with Gasteiger partial charge in [-0.1, -0.05) is 41.9 Å². The molecule has 200 valence electrons. The molecule has 2 amide bonds. The summed E-state index contributed by atoms with van der Waals surface area (Å²) in [6, 6.07) is 19.3. The van der Waals surface area contributed by atoms with Crippen LogP contribution >= 0.6 is 11.6 Å². The third-order valence-corrected chi connectivity index (χ3v) is 7.48. The van der Waals surface area contributed by atoms with E-state index >= 15 is 0 Å². The maximum Gasteiger partial charge on any atom is 0.268 e. The predicted octanol–water partition coefficient (Wildman–Crippen LogP) is 4.14. The Bertz CT molecular complexity index is 1530. The van der Waals surface area contributed by atoms with Crippen LogP contribution in [-0.2, 0) is 24.3 Å². The number of amides is 2. The van der Waals surface area contributed by atoms with Crippen LogP contribution in [0.4, 0.5) is 5.69 Å². The first-order valence-electron chi connectivity index (χ1n) is 12.9. The number of hydrogen-bond donors (Lipinski definition) is 3. The van der Waals surface area contributed by atoms with Gasteiger partial charge in [0.1, 0.15) is 11.7 Å². The monoisotopic (exact) mass is 543 g/mol. The maximum absolute atomic E-state index is 13.5. The van der Waals surface area contributed by atoms with Gasteiger partial charge in [-0.25, -0.2) is 0 Å². The van der Waals surface area contributed by atoms with Gasteiger partial charge in [-0.2, -0.15) is 4.73 Å². The van der Waals surface area contributed by atoms with E-state index in [9.17, 15) is 14.8 Å². The molecule has 0 saturated carbocycles. The lowest BCUT2D eigenvalue weighted by atomic mass is 9.99. The molecule has 5 rings (SSSR count). The molecule has 2 aromatic carbocycles. The Kier molecular flexibility index (Phi) is 7.67. The fourth-order valence-electron chi connectivity index (χ4n) is 5.02. The predicted molar refractivity (Wildman–Crippen MR) is 151 cm³/mol. The average molecular weight is 544 g/mol. The van der Waals surface area contributed by atoms with Gasteiger partial charge in [0.05, 0.1) is 5.56 Å². The number of halogens is 1. The van der Waals surface area contributed by atoms with Gasteiger partial charge in [0.15, 0.2) is 11.9 Å². The highest BCUT2D eigenvalue weighted by atomic mass is 35.5. The van der Waals surface area contributed by atoms with Gasteiger partial charge >= 0.3 is 0 Å². The van der Waals surface area contributed by atoms with E-state index in [0.29, 0.717) is 35.2 Å². The molecule has 2 aromatic heterocycles. The first-order chi connectivity index (χ1) is 18.8. The summed E-state index contributed by atoms with van der Waals surface area (Å²) >= 11 is 6.40. The summed E-state index contributed by atoms with van der Waals surface area (Å²) in [6.45, 7) is 5.90. The van der Waals surface area contributed by atoms with Crippen LogP contribution in [0, 0.1) is 19.1 Å². The Balaban J connectivity index is 1.37. The number of fused-ring (bicyclic) bond motifs is 1. The quantitative estimate of drug-likeness (QED) is 0.241. The third-order valence-electron chi connectivity index (χ3n) is 7.11. The van der Waals surface area contributed by atoms with Crippen LogP contribution in [0.1, 0.15) is 33.0 Å². The molecule has 4 aromatic rings. The lowest BCUT2D eigenvalue weighted by Crippen LogP contribution is -2.46. The van der Waals surface area contributed by atoms with Gasteiger partial charge in [-0.3, -0.25) is 9.59 Å². The second-order valence-corrected chi connectivity index (χ2v) is 10.1. The molecule has 9 heteroatoms. The molecule has 0 radical (unpaired) electrons. The number of aromatic nitrogens is 2. The standard InChI is InChI=1S/C30H30ClN5O3/c1-19-13-15-36(39)20(2)28(19)21-7-9-23(10-8-21)33-29(37)26(17-22-5-3-4-6-25(22)31)34-30(38)27-12-11-24-18-32-14-16-35(24)27/h3-13,15,26,32H,14,16-18H2,1-2H3,(H,33,37)(H,34,38)/t26-/m0/s1. The van der Waals surface area contributed by atoms with Crippen molar-refractivity contribution in [3.05, 3.63) is 111 Å². The Morgan fingerprint density at radius 2 is 1.85 bits per heavy atom. The van der Waals surface area contributed by atoms with E-state index in [-0.39, 0.29) is 18.2 Å². The van der Waals surface area contributed by atoms with E-state index in [1.807, 2.05) is 47.9 Å². The van der Waals surface area contributed by atoms with E-state index < -0.39 is 6.04 Å². The minimum absolute atomic E-state index is 0.232. The Hall–Kier alpha value is -4.14. The van der Waals surface area contributed by atoms with E-state index in [1.165, 1.54) is 6.20 Å². The maximum atomic E-state index is 13.5. The van der Waals surface area contributed by atoms with Crippen molar-refractivity contribution in [2.45, 2.75) is 39.4 Å². The number of benzene rings is 2. The number of carbonyl (C=O) groups excluding carboxylic acids is 2. The van der Waals surface area contributed by atoms with Crippen LogP contribution < -0.4 is 20.7 Å². The van der Waals surface area contributed by atoms with Crippen molar-refractivity contribution in [2.24, 2.45) is 0 Å². The van der Waals surface area contributed by atoms with E-state index in [4.69, 9.17) is 11.6 Å². The molecule has 0 saturated heterocycles. The number of anilines is 1. The molecular weight excluding hydrogens is 514 g/mol. The average Bonchev–Trinajstić information content (AvgIpc) is 3.37. The van der Waals surface area contributed by atoms with Crippen molar-refractivity contribution < 1.29 is 14.3 Å². The summed E-state index contributed by atoms with van der Waals surface area (Å²) in [4.78, 5) is 26.8. The summed E-state index contributed by atoms with van der Waals surface area (Å²) in [5, 5.41) is 21.8. The lowest BCUT2D eigenvalue weighted by Gasteiger charge is -2.22. The smallest absolute Gasteiger partial charge is 0.268 e. The van der Waals surface area contributed by atoms with Crippen LogP contribution in [0.5, 0.6) is 0 Å². The number of hydrogen-bond acceptors (Lipinski definition) is 4. The lowest BCUT2D eigenvalue weighted by molar-refractivity contribution is -0.611. The van der Waals surface area contributed by atoms with Gasteiger partial charge in [0.25, 0.3) is 5.91 Å². The first kappa shape index (κ1) is 26.5. The SMILES string of the molecule is Cc1cc[n+]([O-])c(C)c1-c1ccc(NC(=O)[C@H](Cc2ccccc2Cl)NC(=O)c2ccc3n2CCNC3)cc1. The van der Waals surface area contributed by atoms with Gasteiger partial charge in [-0.05, 0) is 53.9 Å². The Labute approximate surface area is 232 Å². The zero-order valence-electron chi connectivity index (χ0n) is 21.8. The van der Waals surface area contributed by atoms with Crippen LogP contribution in [0.2, 0.25) is 5.02 Å². The van der Waals surface area contributed by atoms with E-state index in [1.54, 1.807) is 37.3 Å². The molecule has 1 aliphatic heterocycles. The first-order valence-corrected chi connectivity index (χ1v) is 13.2. The van der Waals surface area contributed by atoms with Crippen molar-refractivity contribution in [1.29, 1.82) is 0 Å². The van der Waals surface area contributed by atoms with Gasteiger partial charge < -0.3 is 25.7 Å². The molecular formula is C30H30ClN5O3. The van der Waals surface area contributed by atoms with Crippen LogP contribution in [0.25, 0.3) is 11.1 Å². The molecule has 0 bridgehead atoms. The summed E-state index contributed by atoms with van der Waals surface area (Å²) < 4.78 is 2.83. The number of carbonyl (C=O) groups is 2. The molecule has 8 nitrogen and oxygen atoms in total. The third kappa shape index (κ3) is 5.67. The van der Waals surface area contributed by atoms with Crippen molar-refractivity contribution in [1.82, 2.24) is 15.2 Å². The second-order valence-electron chi connectivity index (χ2n) is 9.71. The fourth-order valence-corrected chi connectivity index (χ4v) is 5.23.